The molecule has 0 aliphatic rings. The van der Waals surface area contributed by atoms with E-state index < -0.39 is 0 Å². The van der Waals surface area contributed by atoms with Crippen molar-refractivity contribution in [3.63, 3.8) is 0 Å². The van der Waals surface area contributed by atoms with E-state index >= 15 is 0 Å². The predicted molar refractivity (Wildman–Crippen MR) is 164 cm³/mol. The van der Waals surface area contributed by atoms with Crippen LogP contribution in [0.2, 0.25) is 5.02 Å². The van der Waals surface area contributed by atoms with Crippen LogP contribution in [0.1, 0.15) is 0 Å². The second-order valence-electron chi connectivity index (χ2n) is 9.11. The van der Waals surface area contributed by atoms with Crippen molar-refractivity contribution in [3.8, 4) is 11.3 Å². The summed E-state index contributed by atoms with van der Waals surface area (Å²) in [6.45, 7) is 0. The van der Waals surface area contributed by atoms with E-state index in [4.69, 9.17) is 11.6 Å². The van der Waals surface area contributed by atoms with Gasteiger partial charge in [-0.05, 0) is 84.9 Å². The first kappa shape index (κ1) is 24.5. The lowest BCUT2D eigenvalue weighted by Gasteiger charge is -2.29. The van der Waals surface area contributed by atoms with Gasteiger partial charge in [0, 0.05) is 50.9 Å². The van der Waals surface area contributed by atoms with Crippen LogP contribution in [0.5, 0.6) is 0 Å². The predicted octanol–water partition coefficient (Wildman–Crippen LogP) is 10.3. The van der Waals surface area contributed by atoms with Gasteiger partial charge in [0.2, 0.25) is 0 Å². The summed E-state index contributed by atoms with van der Waals surface area (Å²) >= 11 is 6.43. The third-order valence-electron chi connectivity index (χ3n) is 6.51. The van der Waals surface area contributed by atoms with Gasteiger partial charge >= 0.3 is 0 Å². The van der Waals surface area contributed by atoms with Gasteiger partial charge in [-0.2, -0.15) is 0 Å². The molecule has 4 heteroatoms. The molecular weight excluding hydrogens is 498 g/mol. The van der Waals surface area contributed by atoms with Crippen molar-refractivity contribution in [3.05, 3.63) is 163 Å². The summed E-state index contributed by atoms with van der Waals surface area (Å²) in [7, 11) is 0. The molecule has 0 saturated carbocycles. The normalized spacial score (nSPS) is 10.7. The van der Waals surface area contributed by atoms with Crippen molar-refractivity contribution in [1.29, 1.82) is 0 Å². The minimum Gasteiger partial charge on any atom is -0.310 e. The zero-order valence-electron chi connectivity index (χ0n) is 21.2. The summed E-state index contributed by atoms with van der Waals surface area (Å²) in [6.07, 6.45) is 1.83. The maximum Gasteiger partial charge on any atom is 0.0702 e. The number of halogens is 1. The molecule has 0 atom stereocenters. The summed E-state index contributed by atoms with van der Waals surface area (Å²) in [4.78, 5) is 9.07. The van der Waals surface area contributed by atoms with Gasteiger partial charge in [0.25, 0.3) is 0 Å². The minimum atomic E-state index is 0.696. The largest absolute Gasteiger partial charge is 0.310 e. The minimum absolute atomic E-state index is 0.696. The number of anilines is 6. The molecule has 6 rings (SSSR count). The second-order valence-corrected chi connectivity index (χ2v) is 9.54. The van der Waals surface area contributed by atoms with Crippen molar-refractivity contribution >= 4 is 45.7 Å². The van der Waals surface area contributed by atoms with E-state index in [1.807, 2.05) is 54.7 Å². The number of hydrogen-bond donors (Lipinski definition) is 0. The van der Waals surface area contributed by atoms with E-state index in [1.165, 1.54) is 0 Å². The Morgan fingerprint density at radius 1 is 0.410 bits per heavy atom. The molecule has 3 nitrogen and oxygen atoms in total. The molecule has 0 fully saturated rings. The van der Waals surface area contributed by atoms with Crippen molar-refractivity contribution in [1.82, 2.24) is 4.98 Å². The van der Waals surface area contributed by atoms with E-state index in [0.29, 0.717) is 5.02 Å². The molecule has 1 heterocycles. The Bertz CT molecular complexity index is 1670. The molecule has 6 aromatic rings. The maximum atomic E-state index is 6.43. The molecule has 39 heavy (non-hydrogen) atoms. The van der Waals surface area contributed by atoms with Gasteiger partial charge < -0.3 is 9.80 Å². The molecule has 5 aromatic carbocycles. The van der Waals surface area contributed by atoms with Crippen LogP contribution in [0, 0.1) is 0 Å². The fourth-order valence-corrected chi connectivity index (χ4v) is 4.96. The molecule has 0 spiro atoms. The summed E-state index contributed by atoms with van der Waals surface area (Å²) in [5.74, 6) is 0. The third-order valence-corrected chi connectivity index (χ3v) is 6.74. The first-order valence-corrected chi connectivity index (χ1v) is 13.2. The van der Waals surface area contributed by atoms with Crippen LogP contribution in [-0.2, 0) is 0 Å². The highest BCUT2D eigenvalue weighted by Gasteiger charge is 2.17. The van der Waals surface area contributed by atoms with Crippen molar-refractivity contribution in [2.24, 2.45) is 0 Å². The zero-order valence-corrected chi connectivity index (χ0v) is 22.0. The number of benzene rings is 5. The number of para-hydroxylation sites is 2. The smallest absolute Gasteiger partial charge is 0.0702 e. The van der Waals surface area contributed by atoms with Crippen LogP contribution in [0.4, 0.5) is 34.1 Å². The van der Waals surface area contributed by atoms with Crippen LogP contribution in [-0.4, -0.2) is 4.98 Å². The summed E-state index contributed by atoms with van der Waals surface area (Å²) in [5.41, 5.74) is 8.25. The van der Waals surface area contributed by atoms with Gasteiger partial charge in [-0.15, -0.1) is 0 Å². The Kier molecular flexibility index (Phi) is 7.07. The van der Waals surface area contributed by atoms with E-state index in [-0.39, 0.29) is 0 Å². The van der Waals surface area contributed by atoms with E-state index in [1.54, 1.807) is 0 Å². The highest BCUT2D eigenvalue weighted by atomic mass is 35.5. The number of hydrogen-bond acceptors (Lipinski definition) is 3. The Morgan fingerprint density at radius 3 is 1.46 bits per heavy atom. The van der Waals surface area contributed by atoms with Gasteiger partial charge in [0.1, 0.15) is 0 Å². The molecule has 0 unspecified atom stereocenters. The maximum absolute atomic E-state index is 6.43. The van der Waals surface area contributed by atoms with E-state index in [2.05, 4.69) is 118 Å². The molecule has 0 saturated heterocycles. The zero-order chi connectivity index (χ0) is 26.4. The molecule has 0 N–H and O–H groups in total. The standard InChI is InChI=1S/C35H26ClN3/c36-28-13-10-19-32(25-28)39(30-16-5-2-6-17-30)34-21-11-20-33(26-34)38(29-14-3-1-4-15-29)31-18-9-12-27(24-31)35-22-7-8-23-37-35/h1-26H. The Labute approximate surface area is 234 Å². The van der Waals surface area contributed by atoms with Crippen molar-refractivity contribution in [2.45, 2.75) is 0 Å². The lowest BCUT2D eigenvalue weighted by molar-refractivity contribution is 1.25. The fraction of sp³-hybridized carbons (Fsp3) is 0. The van der Waals surface area contributed by atoms with Gasteiger partial charge in [-0.25, -0.2) is 0 Å². The van der Waals surface area contributed by atoms with Crippen molar-refractivity contribution < 1.29 is 0 Å². The average molecular weight is 524 g/mol. The van der Waals surface area contributed by atoms with Crippen LogP contribution in [0.15, 0.2) is 158 Å². The van der Waals surface area contributed by atoms with E-state index in [0.717, 1.165) is 45.4 Å². The lowest BCUT2D eigenvalue weighted by atomic mass is 10.1. The summed E-state index contributed by atoms with van der Waals surface area (Å²) in [6, 6.07) is 51.8. The SMILES string of the molecule is Clc1cccc(N(c2ccccc2)c2cccc(N(c3ccccc3)c3cccc(-c4ccccn4)c3)c2)c1. The van der Waals surface area contributed by atoms with Crippen LogP contribution in [0.25, 0.3) is 11.3 Å². The first-order valence-electron chi connectivity index (χ1n) is 12.8. The van der Waals surface area contributed by atoms with Crippen LogP contribution >= 0.6 is 11.6 Å². The third kappa shape index (κ3) is 5.40. The Balaban J connectivity index is 1.49. The summed E-state index contributed by atoms with van der Waals surface area (Å²) in [5, 5.41) is 0.696. The molecule has 0 aliphatic carbocycles. The number of pyridine rings is 1. The second kappa shape index (κ2) is 11.3. The highest BCUT2D eigenvalue weighted by Crippen LogP contribution is 2.41. The molecular formula is C35H26ClN3. The van der Waals surface area contributed by atoms with Gasteiger partial charge in [-0.3, -0.25) is 4.98 Å². The van der Waals surface area contributed by atoms with Gasteiger partial charge in [0.15, 0.2) is 0 Å². The molecule has 1 aromatic heterocycles. The van der Waals surface area contributed by atoms with Crippen LogP contribution in [0.3, 0.4) is 0 Å². The monoisotopic (exact) mass is 523 g/mol. The number of aromatic nitrogens is 1. The average Bonchev–Trinajstić information content (AvgIpc) is 3.00. The van der Waals surface area contributed by atoms with E-state index in [9.17, 15) is 0 Å². The molecule has 0 amide bonds. The molecule has 188 valence electrons. The van der Waals surface area contributed by atoms with Crippen molar-refractivity contribution in [2.75, 3.05) is 9.80 Å². The van der Waals surface area contributed by atoms with Crippen LogP contribution < -0.4 is 9.80 Å². The van der Waals surface area contributed by atoms with Gasteiger partial charge in [0.05, 0.1) is 5.69 Å². The molecule has 0 radical (unpaired) electrons. The Hall–Kier alpha value is -4.86. The number of nitrogens with zero attached hydrogens (tertiary/aromatic N) is 3. The lowest BCUT2D eigenvalue weighted by Crippen LogP contribution is -2.13. The molecule has 0 aliphatic heterocycles. The Morgan fingerprint density at radius 2 is 0.897 bits per heavy atom. The highest BCUT2D eigenvalue weighted by molar-refractivity contribution is 6.30. The van der Waals surface area contributed by atoms with Gasteiger partial charge in [-0.1, -0.05) is 78.3 Å². The number of rotatable bonds is 7. The first-order chi connectivity index (χ1) is 19.3. The molecule has 0 bridgehead atoms. The fourth-order valence-electron chi connectivity index (χ4n) is 4.77. The summed E-state index contributed by atoms with van der Waals surface area (Å²) < 4.78 is 0. The topological polar surface area (TPSA) is 19.4 Å². The quantitative estimate of drug-likeness (QED) is 0.207.